The molecule has 248 valence electrons. The normalized spacial score (nSPS) is 13.1. The van der Waals surface area contributed by atoms with Crippen LogP contribution >= 0.6 is 11.3 Å². The summed E-state index contributed by atoms with van der Waals surface area (Å²) >= 11 is 1.70. The highest BCUT2D eigenvalue weighted by atomic mass is 32.1. The molecule has 7 aromatic carbocycles. The van der Waals surface area contributed by atoms with E-state index in [1.165, 1.54) is 43.5 Å². The van der Waals surface area contributed by atoms with Crippen LogP contribution in [0, 0.1) is 0 Å². The number of benzene rings is 7. The second-order valence-electron chi connectivity index (χ2n) is 13.6. The minimum atomic E-state index is -0.527. The van der Waals surface area contributed by atoms with E-state index in [2.05, 4.69) is 158 Å². The third kappa shape index (κ3) is 4.57. The number of para-hydroxylation sites is 1. The van der Waals surface area contributed by atoms with Crippen molar-refractivity contribution in [3.63, 3.8) is 0 Å². The summed E-state index contributed by atoms with van der Waals surface area (Å²) in [6.45, 7) is 0. The minimum Gasteiger partial charge on any atom is -0.456 e. The van der Waals surface area contributed by atoms with Crippen LogP contribution < -0.4 is 0 Å². The summed E-state index contributed by atoms with van der Waals surface area (Å²) in [5, 5.41) is 3.33. The Hall–Kier alpha value is -6.69. The Morgan fingerprint density at radius 3 is 1.83 bits per heavy atom. The van der Waals surface area contributed by atoms with Crippen LogP contribution in [-0.4, -0.2) is 15.0 Å². The van der Waals surface area contributed by atoms with E-state index in [0.717, 1.165) is 37.9 Å². The molecule has 0 spiro atoms. The fourth-order valence-corrected chi connectivity index (χ4v) is 9.28. The molecule has 3 aromatic heterocycles. The number of aromatic nitrogens is 3. The largest absolute Gasteiger partial charge is 0.456 e. The molecule has 10 aromatic rings. The van der Waals surface area contributed by atoms with Crippen molar-refractivity contribution in [2.75, 3.05) is 0 Å². The van der Waals surface area contributed by atoms with Crippen LogP contribution in [0.1, 0.15) is 22.3 Å². The van der Waals surface area contributed by atoms with Gasteiger partial charge in [0.15, 0.2) is 17.5 Å². The molecule has 3 heterocycles. The summed E-state index contributed by atoms with van der Waals surface area (Å²) in [6.07, 6.45) is 0. The fourth-order valence-electron chi connectivity index (χ4n) is 8.28. The molecule has 0 atom stereocenters. The van der Waals surface area contributed by atoms with Gasteiger partial charge in [-0.1, -0.05) is 140 Å². The summed E-state index contributed by atoms with van der Waals surface area (Å²) in [6, 6.07) is 62.3. The molecule has 1 aliphatic carbocycles. The van der Waals surface area contributed by atoms with E-state index in [1.54, 1.807) is 11.3 Å². The second-order valence-corrected chi connectivity index (χ2v) is 14.6. The van der Waals surface area contributed by atoms with Gasteiger partial charge in [-0.05, 0) is 75.2 Å². The van der Waals surface area contributed by atoms with Crippen molar-refractivity contribution in [2.45, 2.75) is 5.41 Å². The first-order valence-electron chi connectivity index (χ1n) is 17.8. The molecule has 1 aliphatic rings. The maximum absolute atomic E-state index is 6.30. The number of nitrogens with zero attached hydrogens (tertiary/aromatic N) is 3. The van der Waals surface area contributed by atoms with Crippen molar-refractivity contribution in [3.05, 3.63) is 198 Å². The Labute approximate surface area is 309 Å². The summed E-state index contributed by atoms with van der Waals surface area (Å²) in [5.41, 5.74) is 10.3. The van der Waals surface area contributed by atoms with Gasteiger partial charge in [-0.3, -0.25) is 0 Å². The lowest BCUT2D eigenvalue weighted by Crippen LogP contribution is -2.28. The topological polar surface area (TPSA) is 51.8 Å². The van der Waals surface area contributed by atoms with Crippen LogP contribution in [0.15, 0.2) is 180 Å². The van der Waals surface area contributed by atoms with Crippen molar-refractivity contribution >= 4 is 43.4 Å². The molecule has 0 bridgehead atoms. The summed E-state index contributed by atoms with van der Waals surface area (Å²) in [7, 11) is 0. The van der Waals surface area contributed by atoms with Gasteiger partial charge >= 0.3 is 0 Å². The molecule has 0 amide bonds. The Bertz CT molecular complexity index is 2950. The third-order valence-electron chi connectivity index (χ3n) is 10.6. The van der Waals surface area contributed by atoms with E-state index in [4.69, 9.17) is 19.4 Å². The highest BCUT2D eigenvalue weighted by Crippen LogP contribution is 2.56. The van der Waals surface area contributed by atoms with Crippen molar-refractivity contribution in [1.29, 1.82) is 0 Å². The molecule has 11 rings (SSSR count). The van der Waals surface area contributed by atoms with Crippen LogP contribution in [0.25, 0.3) is 76.6 Å². The van der Waals surface area contributed by atoms with Gasteiger partial charge in [0.1, 0.15) is 11.2 Å². The monoisotopic (exact) mass is 695 g/mol. The number of fused-ring (bicyclic) bond motifs is 7. The average molecular weight is 696 g/mol. The van der Waals surface area contributed by atoms with Crippen molar-refractivity contribution in [2.24, 2.45) is 0 Å². The predicted molar refractivity (Wildman–Crippen MR) is 216 cm³/mol. The second kappa shape index (κ2) is 11.7. The van der Waals surface area contributed by atoms with Gasteiger partial charge in [-0.25, -0.2) is 15.0 Å². The number of thiophene rings is 1. The first kappa shape index (κ1) is 30.0. The zero-order valence-electron chi connectivity index (χ0n) is 28.4. The third-order valence-corrected chi connectivity index (χ3v) is 11.7. The molecule has 0 unspecified atom stereocenters. The molecule has 0 radical (unpaired) electrons. The van der Waals surface area contributed by atoms with Gasteiger partial charge in [-0.15, -0.1) is 11.3 Å². The van der Waals surface area contributed by atoms with Crippen LogP contribution in [0.5, 0.6) is 0 Å². The van der Waals surface area contributed by atoms with E-state index in [-0.39, 0.29) is 0 Å². The molecule has 4 nitrogen and oxygen atoms in total. The first-order valence-corrected chi connectivity index (χ1v) is 18.6. The zero-order valence-corrected chi connectivity index (χ0v) is 29.2. The molecule has 0 N–H and O–H groups in total. The average Bonchev–Trinajstić information content (AvgIpc) is 3.92. The van der Waals surface area contributed by atoms with Crippen molar-refractivity contribution in [1.82, 2.24) is 15.0 Å². The molecular formula is C48H29N3OS. The highest BCUT2D eigenvalue weighted by Gasteiger charge is 2.46. The zero-order chi connectivity index (χ0) is 34.9. The standard InChI is InChI=1S/C48H29N3OS/c1-3-14-33(15-4-1)48(34-16-5-2-6-17-34)39-20-10-8-18-35(39)36-25-23-31(27-40(36)48)45-49-46(51-47(50-45)44-29-30-13-7-12-22-43(30)53-44)32-24-26-38-37-19-9-11-21-41(37)52-42(38)28-32/h1-29H. The Morgan fingerprint density at radius 2 is 1.04 bits per heavy atom. The maximum Gasteiger partial charge on any atom is 0.174 e. The lowest BCUT2D eigenvalue weighted by molar-refractivity contribution is 0.669. The Balaban J connectivity index is 1.15. The summed E-state index contributed by atoms with van der Waals surface area (Å²) in [5.74, 6) is 1.88. The van der Waals surface area contributed by atoms with E-state index < -0.39 is 5.41 Å². The van der Waals surface area contributed by atoms with Crippen LogP contribution in [0.4, 0.5) is 0 Å². The predicted octanol–water partition coefficient (Wildman–Crippen LogP) is 12.3. The first-order chi connectivity index (χ1) is 26.2. The SMILES string of the molecule is c1ccc(C2(c3ccccc3)c3ccccc3-c3ccc(-c4nc(-c5ccc6c(c5)oc5ccccc56)nc(-c5cc6ccccc6s5)n4)cc32)cc1. The quantitative estimate of drug-likeness (QED) is 0.180. The maximum atomic E-state index is 6.30. The van der Waals surface area contributed by atoms with Crippen LogP contribution in [0.2, 0.25) is 0 Å². The minimum absolute atomic E-state index is 0.527. The number of hydrogen-bond acceptors (Lipinski definition) is 5. The van der Waals surface area contributed by atoms with Gasteiger partial charge in [0.25, 0.3) is 0 Å². The van der Waals surface area contributed by atoms with Gasteiger partial charge < -0.3 is 4.42 Å². The fraction of sp³-hybridized carbons (Fsp3) is 0.0208. The van der Waals surface area contributed by atoms with Gasteiger partial charge in [0, 0.05) is 26.6 Å². The van der Waals surface area contributed by atoms with E-state index >= 15 is 0 Å². The highest BCUT2D eigenvalue weighted by molar-refractivity contribution is 7.22. The van der Waals surface area contributed by atoms with E-state index in [1.807, 2.05) is 18.2 Å². The van der Waals surface area contributed by atoms with Crippen LogP contribution in [-0.2, 0) is 5.41 Å². The Morgan fingerprint density at radius 1 is 0.434 bits per heavy atom. The van der Waals surface area contributed by atoms with Gasteiger partial charge in [0.2, 0.25) is 0 Å². The summed E-state index contributed by atoms with van der Waals surface area (Å²) < 4.78 is 7.50. The number of rotatable bonds is 5. The molecule has 0 fully saturated rings. The van der Waals surface area contributed by atoms with E-state index in [0.29, 0.717) is 17.5 Å². The van der Waals surface area contributed by atoms with Crippen molar-refractivity contribution < 1.29 is 4.42 Å². The molecular weight excluding hydrogens is 667 g/mol. The molecule has 5 heteroatoms. The lowest BCUT2D eigenvalue weighted by Gasteiger charge is -2.34. The summed E-state index contributed by atoms with van der Waals surface area (Å²) in [4.78, 5) is 16.6. The smallest absolute Gasteiger partial charge is 0.174 e. The van der Waals surface area contributed by atoms with Crippen LogP contribution in [0.3, 0.4) is 0 Å². The molecule has 0 aliphatic heterocycles. The van der Waals surface area contributed by atoms with Gasteiger partial charge in [-0.2, -0.15) is 0 Å². The Kier molecular flexibility index (Phi) is 6.60. The number of hydrogen-bond donors (Lipinski definition) is 0. The molecule has 0 saturated heterocycles. The number of furan rings is 1. The van der Waals surface area contributed by atoms with Gasteiger partial charge in [0.05, 0.1) is 10.3 Å². The van der Waals surface area contributed by atoms with Crippen molar-refractivity contribution in [3.8, 4) is 44.6 Å². The van der Waals surface area contributed by atoms with E-state index in [9.17, 15) is 0 Å². The molecule has 53 heavy (non-hydrogen) atoms. The lowest BCUT2D eigenvalue weighted by atomic mass is 9.67. The molecule has 0 saturated carbocycles.